The van der Waals surface area contributed by atoms with Gasteiger partial charge in [-0.15, -0.1) is 0 Å². The summed E-state index contributed by atoms with van der Waals surface area (Å²) in [5.74, 6) is -2.71. The lowest BCUT2D eigenvalue weighted by atomic mass is 9.97. The molecule has 0 radical (unpaired) electrons. The lowest BCUT2D eigenvalue weighted by molar-refractivity contribution is -0.145. The summed E-state index contributed by atoms with van der Waals surface area (Å²) < 4.78 is 30.1. The minimum atomic E-state index is -1.59. The van der Waals surface area contributed by atoms with Crippen LogP contribution in [0.15, 0.2) is 52.9 Å². The van der Waals surface area contributed by atoms with Gasteiger partial charge in [-0.25, -0.2) is 4.39 Å². The van der Waals surface area contributed by atoms with Gasteiger partial charge in [-0.1, -0.05) is 30.3 Å². The van der Waals surface area contributed by atoms with Crippen LogP contribution in [0.1, 0.15) is 36.0 Å². The van der Waals surface area contributed by atoms with Crippen molar-refractivity contribution in [3.63, 3.8) is 0 Å². The molecule has 172 valence electrons. The Hall–Kier alpha value is -3.88. The quantitative estimate of drug-likeness (QED) is 0.595. The molecule has 4 rings (SSSR count). The number of halogens is 1. The number of nitrogens with one attached hydrogen (secondary N) is 1. The van der Waals surface area contributed by atoms with E-state index in [1.165, 1.54) is 32.2 Å². The molecule has 0 aliphatic carbocycles. The van der Waals surface area contributed by atoms with Crippen molar-refractivity contribution in [1.82, 2.24) is 10.2 Å². The van der Waals surface area contributed by atoms with Crippen molar-refractivity contribution in [2.24, 2.45) is 0 Å². The molecular weight excluding hydrogens is 431 g/mol. The van der Waals surface area contributed by atoms with Gasteiger partial charge in [-0.05, 0) is 37.6 Å². The Morgan fingerprint density at radius 3 is 2.67 bits per heavy atom. The number of nitrogens with zero attached hydrogens (tertiary/aromatic N) is 1. The Morgan fingerprint density at radius 1 is 1.24 bits per heavy atom. The van der Waals surface area contributed by atoms with Gasteiger partial charge >= 0.3 is 5.97 Å². The van der Waals surface area contributed by atoms with Crippen molar-refractivity contribution in [1.29, 1.82) is 0 Å². The van der Waals surface area contributed by atoms with Crippen molar-refractivity contribution < 1.29 is 32.7 Å². The predicted octanol–water partition coefficient (Wildman–Crippen LogP) is 3.22. The summed E-state index contributed by atoms with van der Waals surface area (Å²) in [5, 5.41) is 3.15. The molecule has 0 saturated carbocycles. The maximum absolute atomic E-state index is 13.8. The van der Waals surface area contributed by atoms with Crippen LogP contribution in [0.4, 0.5) is 4.39 Å². The van der Waals surface area contributed by atoms with E-state index >= 15 is 0 Å². The highest BCUT2D eigenvalue weighted by molar-refractivity contribution is 6.05. The van der Waals surface area contributed by atoms with Crippen LogP contribution < -0.4 is 10.1 Å². The first-order valence-electron chi connectivity index (χ1n) is 10.3. The van der Waals surface area contributed by atoms with E-state index in [1.54, 1.807) is 6.92 Å². The number of fused-ring (bicyclic) bond motifs is 3. The number of methoxy groups -OCH3 is 1. The van der Waals surface area contributed by atoms with Crippen molar-refractivity contribution in [2.45, 2.75) is 25.4 Å². The van der Waals surface area contributed by atoms with Gasteiger partial charge in [0, 0.05) is 0 Å². The van der Waals surface area contributed by atoms with Crippen LogP contribution in [0, 0.1) is 5.82 Å². The van der Waals surface area contributed by atoms with Gasteiger partial charge in [0.15, 0.2) is 11.3 Å². The Bertz CT molecular complexity index is 1220. The fraction of sp³-hybridized carbons (Fsp3) is 0.292. The normalized spacial score (nSPS) is 18.8. The molecule has 0 fully saturated rings. The smallest absolute Gasteiger partial charge is 0.325 e. The van der Waals surface area contributed by atoms with Crippen molar-refractivity contribution >= 4 is 28.8 Å². The predicted molar refractivity (Wildman–Crippen MR) is 116 cm³/mol. The van der Waals surface area contributed by atoms with E-state index in [0.717, 1.165) is 10.5 Å². The molecule has 33 heavy (non-hydrogen) atoms. The molecule has 9 heteroatoms. The maximum atomic E-state index is 13.8. The maximum Gasteiger partial charge on any atom is 0.325 e. The van der Waals surface area contributed by atoms with Crippen LogP contribution in [0.5, 0.6) is 5.75 Å². The highest BCUT2D eigenvalue weighted by Gasteiger charge is 2.49. The fourth-order valence-electron chi connectivity index (χ4n) is 3.77. The summed E-state index contributed by atoms with van der Waals surface area (Å²) in [4.78, 5) is 40.2. The first-order chi connectivity index (χ1) is 15.7. The summed E-state index contributed by atoms with van der Waals surface area (Å²) in [6.07, 6.45) is 0. The highest BCUT2D eigenvalue weighted by atomic mass is 19.1. The lowest BCUT2D eigenvalue weighted by Crippen LogP contribution is -2.62. The van der Waals surface area contributed by atoms with Gasteiger partial charge in [0.2, 0.25) is 11.7 Å². The fourth-order valence-corrected chi connectivity index (χ4v) is 3.77. The summed E-state index contributed by atoms with van der Waals surface area (Å²) in [7, 11) is 1.19. The number of esters is 1. The average molecular weight is 454 g/mol. The van der Waals surface area contributed by atoms with E-state index in [1.807, 2.05) is 30.3 Å². The topological polar surface area (TPSA) is 98.1 Å². The third-order valence-corrected chi connectivity index (χ3v) is 5.79. The lowest BCUT2D eigenvalue weighted by Gasteiger charge is -2.37. The van der Waals surface area contributed by atoms with Crippen molar-refractivity contribution in [2.75, 3.05) is 20.3 Å². The molecule has 0 spiro atoms. The van der Waals surface area contributed by atoms with E-state index in [4.69, 9.17) is 13.9 Å². The van der Waals surface area contributed by atoms with Crippen molar-refractivity contribution in [3.8, 4) is 5.75 Å². The van der Waals surface area contributed by atoms with Gasteiger partial charge in [0.1, 0.15) is 24.6 Å². The van der Waals surface area contributed by atoms with Crippen LogP contribution in [0.3, 0.4) is 0 Å². The van der Waals surface area contributed by atoms with Gasteiger partial charge in [0.25, 0.3) is 5.91 Å². The third-order valence-electron chi connectivity index (χ3n) is 5.79. The summed E-state index contributed by atoms with van der Waals surface area (Å²) in [6.45, 7) is 2.50. The molecular formula is C24H23FN2O6. The third kappa shape index (κ3) is 4.02. The number of hydrogen-bond donors (Lipinski definition) is 1. The zero-order chi connectivity index (χ0) is 23.8. The number of carbonyl (C=O) groups excluding carboxylic acids is 3. The summed E-state index contributed by atoms with van der Waals surface area (Å²) >= 11 is 0. The van der Waals surface area contributed by atoms with Crippen LogP contribution in [-0.4, -0.2) is 48.5 Å². The minimum Gasteiger partial charge on any atom is -0.486 e. The Morgan fingerprint density at radius 2 is 1.97 bits per heavy atom. The number of rotatable bonds is 5. The van der Waals surface area contributed by atoms with Crippen LogP contribution in [0.25, 0.3) is 11.0 Å². The molecule has 1 aliphatic heterocycles. The molecule has 2 atom stereocenters. The second kappa shape index (κ2) is 8.57. The zero-order valence-electron chi connectivity index (χ0n) is 18.4. The minimum absolute atomic E-state index is 0.0250. The van der Waals surface area contributed by atoms with Crippen LogP contribution in [0.2, 0.25) is 0 Å². The molecule has 2 aromatic carbocycles. The first kappa shape index (κ1) is 22.3. The van der Waals surface area contributed by atoms with Gasteiger partial charge in [-0.3, -0.25) is 14.4 Å². The Kier molecular flexibility index (Phi) is 5.80. The molecule has 1 N–H and O–H groups in total. The summed E-state index contributed by atoms with van der Waals surface area (Å²) in [6, 6.07) is 12.7. The highest BCUT2D eigenvalue weighted by Crippen LogP contribution is 2.38. The number of ether oxygens (including phenoxy) is 2. The first-order valence-corrected chi connectivity index (χ1v) is 10.3. The number of furan rings is 1. The molecule has 1 aliphatic rings. The van der Waals surface area contributed by atoms with Gasteiger partial charge < -0.3 is 24.1 Å². The number of amides is 2. The molecule has 1 aromatic heterocycles. The van der Waals surface area contributed by atoms with Crippen LogP contribution in [-0.2, 0) is 14.3 Å². The molecule has 0 bridgehead atoms. The van der Waals surface area contributed by atoms with Gasteiger partial charge in [-0.2, -0.15) is 0 Å². The number of carbonyl (C=O) groups is 3. The van der Waals surface area contributed by atoms with E-state index in [-0.39, 0.29) is 35.1 Å². The number of hydrogen-bond acceptors (Lipinski definition) is 6. The number of benzene rings is 2. The molecule has 8 nitrogen and oxygen atoms in total. The molecule has 1 unspecified atom stereocenters. The SMILES string of the molecule is COC(=O)CN1C(=O)c2oc3ccc(F)cc3c2OCC1(C)C(=O)N[C@@H](C)c1ccccc1. The Balaban J connectivity index is 1.73. The van der Waals surface area contributed by atoms with Crippen molar-refractivity contribution in [3.05, 3.63) is 65.7 Å². The molecule has 2 amide bonds. The zero-order valence-corrected chi connectivity index (χ0v) is 18.4. The Labute approximate surface area is 189 Å². The monoisotopic (exact) mass is 454 g/mol. The second-order valence-electron chi connectivity index (χ2n) is 8.04. The standard InChI is InChI=1S/C24H23FN2O6/c1-14(15-7-5-4-6-8-15)26-23(30)24(2)13-32-20-17-11-16(25)9-10-18(17)33-21(20)22(29)27(24)12-19(28)31-3/h4-11,14H,12-13H2,1-3H3,(H,26,30)/t14-,24?/m0/s1. The van der Waals surface area contributed by atoms with E-state index in [2.05, 4.69) is 5.32 Å². The van der Waals surface area contributed by atoms with E-state index in [0.29, 0.717) is 0 Å². The van der Waals surface area contributed by atoms with E-state index < -0.39 is 35.7 Å². The average Bonchev–Trinajstić information content (AvgIpc) is 3.13. The second-order valence-corrected chi connectivity index (χ2v) is 8.04. The molecule has 3 aromatic rings. The van der Waals surface area contributed by atoms with E-state index in [9.17, 15) is 18.8 Å². The molecule has 2 heterocycles. The largest absolute Gasteiger partial charge is 0.486 e. The molecule has 0 saturated heterocycles. The van der Waals surface area contributed by atoms with Gasteiger partial charge in [0.05, 0.1) is 18.5 Å². The van der Waals surface area contributed by atoms with Crippen LogP contribution >= 0.6 is 0 Å². The summed E-state index contributed by atoms with van der Waals surface area (Å²) in [5.41, 5.74) is -0.475.